The van der Waals surface area contributed by atoms with Crippen molar-refractivity contribution in [3.8, 4) is 0 Å². The zero-order chi connectivity index (χ0) is 24.7. The van der Waals surface area contributed by atoms with Gasteiger partial charge in [-0.1, -0.05) is 62.4 Å². The predicted octanol–water partition coefficient (Wildman–Crippen LogP) is 4.69. The number of nitro groups is 1. The molecule has 178 valence electrons. The number of hydrogen-bond acceptors (Lipinski definition) is 5. The maximum atomic E-state index is 13.4. The molecule has 1 unspecified atom stereocenters. The molecule has 0 heterocycles. The van der Waals surface area contributed by atoms with Crippen LogP contribution in [0.2, 0.25) is 0 Å². The van der Waals surface area contributed by atoms with E-state index in [0.29, 0.717) is 12.3 Å². The average molecular weight is 482 g/mol. The van der Waals surface area contributed by atoms with Gasteiger partial charge in [0.05, 0.1) is 21.5 Å². The van der Waals surface area contributed by atoms with Crippen LogP contribution < -0.4 is 9.62 Å². The van der Waals surface area contributed by atoms with E-state index in [1.165, 1.54) is 36.4 Å². The lowest BCUT2D eigenvalue weighted by molar-refractivity contribution is -0.384. The Kier molecular flexibility index (Phi) is 8.01. The zero-order valence-corrected chi connectivity index (χ0v) is 19.8. The quantitative estimate of drug-likeness (QED) is 0.334. The number of non-ortho nitro benzene ring substituents is 1. The first kappa shape index (κ1) is 24.9. The minimum Gasteiger partial charge on any atom is -0.348 e. The lowest BCUT2D eigenvalue weighted by Crippen LogP contribution is -2.42. The Balaban J connectivity index is 1.93. The third-order valence-corrected chi connectivity index (χ3v) is 7.00. The van der Waals surface area contributed by atoms with Crippen LogP contribution in [0, 0.1) is 16.0 Å². The molecular formula is C25H27N3O5S. The molecule has 0 aromatic heterocycles. The number of hydrogen-bond donors (Lipinski definition) is 1. The third kappa shape index (κ3) is 6.20. The summed E-state index contributed by atoms with van der Waals surface area (Å²) >= 11 is 0. The van der Waals surface area contributed by atoms with Gasteiger partial charge in [0.1, 0.15) is 6.54 Å². The van der Waals surface area contributed by atoms with E-state index in [4.69, 9.17) is 0 Å². The largest absolute Gasteiger partial charge is 0.348 e. The number of anilines is 1. The Morgan fingerprint density at radius 3 is 2.03 bits per heavy atom. The molecule has 0 aliphatic rings. The van der Waals surface area contributed by atoms with Gasteiger partial charge in [-0.3, -0.25) is 19.2 Å². The highest BCUT2D eigenvalue weighted by molar-refractivity contribution is 7.92. The van der Waals surface area contributed by atoms with Gasteiger partial charge in [0.2, 0.25) is 5.91 Å². The van der Waals surface area contributed by atoms with Crippen LogP contribution in [0.1, 0.15) is 31.9 Å². The SMILES string of the molecule is CC(C)CC(NC(=O)CN(c1ccc([N+](=O)[O-])cc1)S(=O)(=O)c1ccccc1)c1ccccc1. The number of amides is 1. The summed E-state index contributed by atoms with van der Waals surface area (Å²) in [6.45, 7) is 3.62. The number of carbonyl (C=O) groups is 1. The van der Waals surface area contributed by atoms with Crippen LogP contribution in [0.4, 0.5) is 11.4 Å². The van der Waals surface area contributed by atoms with Crippen molar-refractivity contribution in [2.45, 2.75) is 31.2 Å². The van der Waals surface area contributed by atoms with Gasteiger partial charge >= 0.3 is 0 Å². The average Bonchev–Trinajstić information content (AvgIpc) is 2.83. The van der Waals surface area contributed by atoms with Crippen molar-refractivity contribution in [3.63, 3.8) is 0 Å². The molecule has 1 N–H and O–H groups in total. The molecule has 0 bridgehead atoms. The first-order chi connectivity index (χ1) is 16.2. The standard InChI is InChI=1S/C25H27N3O5S/c1-19(2)17-24(20-9-5-3-6-10-20)26-25(29)18-27(21-13-15-22(16-14-21)28(30)31)34(32,33)23-11-7-4-8-12-23/h3-16,19,24H,17-18H2,1-2H3,(H,26,29). The molecule has 0 aliphatic carbocycles. The van der Waals surface area contributed by atoms with Crippen molar-refractivity contribution in [3.05, 3.63) is 101 Å². The molecule has 3 rings (SSSR count). The van der Waals surface area contributed by atoms with Crippen LogP contribution >= 0.6 is 0 Å². The van der Waals surface area contributed by atoms with Gasteiger partial charge in [-0.25, -0.2) is 8.42 Å². The van der Waals surface area contributed by atoms with Gasteiger partial charge in [-0.05, 0) is 42.2 Å². The van der Waals surface area contributed by atoms with Crippen LogP contribution in [0.3, 0.4) is 0 Å². The zero-order valence-electron chi connectivity index (χ0n) is 19.0. The van der Waals surface area contributed by atoms with Gasteiger partial charge in [0, 0.05) is 12.1 Å². The topological polar surface area (TPSA) is 110 Å². The van der Waals surface area contributed by atoms with Crippen molar-refractivity contribution in [2.24, 2.45) is 5.92 Å². The Labute approximate surface area is 199 Å². The summed E-state index contributed by atoms with van der Waals surface area (Å²) in [5.41, 5.74) is 0.911. The summed E-state index contributed by atoms with van der Waals surface area (Å²) in [6, 6.07) is 22.1. The van der Waals surface area contributed by atoms with Gasteiger partial charge in [-0.15, -0.1) is 0 Å². The lowest BCUT2D eigenvalue weighted by Gasteiger charge is -2.26. The van der Waals surface area contributed by atoms with E-state index in [9.17, 15) is 23.3 Å². The molecule has 3 aromatic rings. The van der Waals surface area contributed by atoms with Crippen LogP contribution in [0.15, 0.2) is 89.8 Å². The minimum atomic E-state index is -4.10. The van der Waals surface area contributed by atoms with Gasteiger partial charge in [0.15, 0.2) is 0 Å². The predicted molar refractivity (Wildman–Crippen MR) is 131 cm³/mol. The maximum absolute atomic E-state index is 13.4. The number of rotatable bonds is 10. The van der Waals surface area contributed by atoms with Crippen molar-refractivity contribution in [2.75, 3.05) is 10.8 Å². The van der Waals surface area contributed by atoms with E-state index in [1.807, 2.05) is 44.2 Å². The van der Waals surface area contributed by atoms with E-state index in [1.54, 1.807) is 18.2 Å². The second-order valence-corrected chi connectivity index (χ2v) is 10.1. The Morgan fingerprint density at radius 2 is 1.50 bits per heavy atom. The monoisotopic (exact) mass is 481 g/mol. The lowest BCUT2D eigenvalue weighted by atomic mass is 9.97. The molecule has 8 nitrogen and oxygen atoms in total. The number of nitrogens with zero attached hydrogens (tertiary/aromatic N) is 2. The van der Waals surface area contributed by atoms with Crippen LogP contribution in [-0.2, 0) is 14.8 Å². The minimum absolute atomic E-state index is 0.0166. The van der Waals surface area contributed by atoms with E-state index >= 15 is 0 Å². The molecule has 9 heteroatoms. The number of sulfonamides is 1. The van der Waals surface area contributed by atoms with E-state index in [2.05, 4.69) is 5.32 Å². The normalized spacial score (nSPS) is 12.2. The molecule has 1 amide bonds. The number of carbonyl (C=O) groups excluding carboxylic acids is 1. The molecular weight excluding hydrogens is 454 g/mol. The van der Waals surface area contributed by atoms with Crippen molar-refractivity contribution in [1.29, 1.82) is 0 Å². The highest BCUT2D eigenvalue weighted by Gasteiger charge is 2.28. The number of benzene rings is 3. The molecule has 1 atom stereocenters. The fraction of sp³-hybridized carbons (Fsp3) is 0.240. The van der Waals surface area contributed by atoms with Gasteiger partial charge in [-0.2, -0.15) is 0 Å². The first-order valence-corrected chi connectivity index (χ1v) is 12.3. The number of nitro benzene ring substituents is 1. The second kappa shape index (κ2) is 10.9. The molecule has 0 aliphatic heterocycles. The van der Waals surface area contributed by atoms with Gasteiger partial charge < -0.3 is 5.32 Å². The third-order valence-electron chi connectivity index (χ3n) is 5.21. The molecule has 0 saturated carbocycles. The van der Waals surface area contributed by atoms with Crippen molar-refractivity contribution < 1.29 is 18.1 Å². The summed E-state index contributed by atoms with van der Waals surface area (Å²) < 4.78 is 27.8. The fourth-order valence-corrected chi connectivity index (χ4v) is 5.02. The van der Waals surface area contributed by atoms with E-state index < -0.39 is 27.4 Å². The highest BCUT2D eigenvalue weighted by Crippen LogP contribution is 2.26. The Morgan fingerprint density at radius 1 is 0.941 bits per heavy atom. The van der Waals surface area contributed by atoms with E-state index in [0.717, 1.165) is 9.87 Å². The summed E-state index contributed by atoms with van der Waals surface area (Å²) in [6.07, 6.45) is 0.679. The number of nitrogens with one attached hydrogen (secondary N) is 1. The molecule has 0 fully saturated rings. The Hall–Kier alpha value is -3.72. The smallest absolute Gasteiger partial charge is 0.269 e. The maximum Gasteiger partial charge on any atom is 0.269 e. The Bertz CT molecular complexity index is 1210. The molecule has 0 saturated heterocycles. The first-order valence-electron chi connectivity index (χ1n) is 10.8. The second-order valence-electron chi connectivity index (χ2n) is 8.26. The molecule has 3 aromatic carbocycles. The summed E-state index contributed by atoms with van der Waals surface area (Å²) in [4.78, 5) is 23.6. The van der Waals surface area contributed by atoms with E-state index in [-0.39, 0.29) is 22.3 Å². The van der Waals surface area contributed by atoms with Crippen LogP contribution in [0.25, 0.3) is 0 Å². The summed E-state index contributed by atoms with van der Waals surface area (Å²) in [5.74, 6) is -0.184. The van der Waals surface area contributed by atoms with Gasteiger partial charge in [0.25, 0.3) is 15.7 Å². The van der Waals surface area contributed by atoms with Crippen molar-refractivity contribution in [1.82, 2.24) is 5.32 Å². The summed E-state index contributed by atoms with van der Waals surface area (Å²) in [7, 11) is -4.10. The van der Waals surface area contributed by atoms with Crippen molar-refractivity contribution >= 4 is 27.3 Å². The fourth-order valence-electron chi connectivity index (χ4n) is 3.58. The van der Waals surface area contributed by atoms with Crippen LogP contribution in [0.5, 0.6) is 0 Å². The highest BCUT2D eigenvalue weighted by atomic mass is 32.2. The summed E-state index contributed by atoms with van der Waals surface area (Å²) in [5, 5.41) is 14.0. The van der Waals surface area contributed by atoms with Crippen LogP contribution in [-0.4, -0.2) is 25.8 Å². The molecule has 0 spiro atoms. The molecule has 34 heavy (non-hydrogen) atoms. The molecule has 0 radical (unpaired) electrons.